The van der Waals surface area contributed by atoms with Gasteiger partial charge in [-0.3, -0.25) is 4.79 Å². The lowest BCUT2D eigenvalue weighted by molar-refractivity contribution is 0.0921. The molecule has 0 aliphatic heterocycles. The lowest BCUT2D eigenvalue weighted by Gasteiger charge is -1.98. The van der Waals surface area contributed by atoms with Crippen molar-refractivity contribution >= 4 is 5.91 Å². The third-order valence-corrected chi connectivity index (χ3v) is 2.09. The zero-order valence-corrected chi connectivity index (χ0v) is 8.01. The third-order valence-electron chi connectivity index (χ3n) is 2.09. The van der Waals surface area contributed by atoms with Gasteiger partial charge in [0.15, 0.2) is 5.76 Å². The lowest BCUT2D eigenvalue weighted by Crippen LogP contribution is -2.24. The van der Waals surface area contributed by atoms with E-state index in [0.29, 0.717) is 11.8 Å². The normalized spacial score (nSPS) is 14.4. The number of rotatable bonds is 4. The highest BCUT2D eigenvalue weighted by Gasteiger charge is 2.24. The minimum Gasteiger partial charge on any atom is -0.456 e. The second-order valence-electron chi connectivity index (χ2n) is 3.40. The van der Waals surface area contributed by atoms with E-state index in [0.717, 1.165) is 12.8 Å². The van der Waals surface area contributed by atoms with E-state index >= 15 is 0 Å². The maximum atomic E-state index is 11.5. The smallest absolute Gasteiger partial charge is 0.287 e. The molecule has 0 spiro atoms. The highest BCUT2D eigenvalue weighted by molar-refractivity contribution is 5.91. The van der Waals surface area contributed by atoms with Gasteiger partial charge in [-0.1, -0.05) is 5.11 Å². The van der Waals surface area contributed by atoms with Crippen molar-refractivity contribution in [2.24, 2.45) is 5.11 Å². The Balaban J connectivity index is 1.98. The summed E-state index contributed by atoms with van der Waals surface area (Å²) >= 11 is 0. The van der Waals surface area contributed by atoms with Crippen LogP contribution in [0.3, 0.4) is 0 Å². The van der Waals surface area contributed by atoms with Crippen molar-refractivity contribution in [3.8, 4) is 0 Å². The van der Waals surface area contributed by atoms with Crippen molar-refractivity contribution in [3.05, 3.63) is 34.1 Å². The quantitative estimate of drug-likeness (QED) is 0.463. The molecule has 1 aromatic rings. The average molecular weight is 206 g/mol. The van der Waals surface area contributed by atoms with Gasteiger partial charge in [0.2, 0.25) is 0 Å². The fourth-order valence-electron chi connectivity index (χ4n) is 1.17. The molecule has 1 aliphatic carbocycles. The Bertz CT molecular complexity index is 416. The Labute approximate surface area is 85.9 Å². The van der Waals surface area contributed by atoms with E-state index in [1.54, 1.807) is 12.1 Å². The summed E-state index contributed by atoms with van der Waals surface area (Å²) < 4.78 is 5.20. The number of amides is 1. The summed E-state index contributed by atoms with van der Waals surface area (Å²) in [6.07, 6.45) is 2.08. The molecule has 6 nitrogen and oxygen atoms in total. The molecule has 1 N–H and O–H groups in total. The van der Waals surface area contributed by atoms with Crippen LogP contribution < -0.4 is 5.32 Å². The molecule has 1 aliphatic rings. The van der Waals surface area contributed by atoms with Gasteiger partial charge in [-0.25, -0.2) is 0 Å². The van der Waals surface area contributed by atoms with Crippen LogP contribution in [0.15, 0.2) is 21.7 Å². The number of carbonyl (C=O) groups is 1. The van der Waals surface area contributed by atoms with Gasteiger partial charge in [0.05, 0.1) is 6.54 Å². The van der Waals surface area contributed by atoms with Crippen molar-refractivity contribution in [2.75, 3.05) is 0 Å². The SMILES string of the molecule is [N-]=[N+]=NCc1ccc(C(=O)NC2CC2)o1. The van der Waals surface area contributed by atoms with Crippen LogP contribution in [0.1, 0.15) is 29.2 Å². The van der Waals surface area contributed by atoms with Crippen LogP contribution in [0.4, 0.5) is 0 Å². The van der Waals surface area contributed by atoms with E-state index in [-0.39, 0.29) is 18.2 Å². The molecule has 1 aromatic heterocycles. The van der Waals surface area contributed by atoms with Crippen molar-refractivity contribution in [1.29, 1.82) is 0 Å². The van der Waals surface area contributed by atoms with Gasteiger partial charge in [-0.15, -0.1) is 0 Å². The van der Waals surface area contributed by atoms with Crippen molar-refractivity contribution in [1.82, 2.24) is 5.32 Å². The zero-order chi connectivity index (χ0) is 10.7. The maximum absolute atomic E-state index is 11.5. The van der Waals surface area contributed by atoms with Gasteiger partial charge in [0.25, 0.3) is 5.91 Å². The topological polar surface area (TPSA) is 91.0 Å². The minimum absolute atomic E-state index is 0.132. The van der Waals surface area contributed by atoms with E-state index in [9.17, 15) is 4.79 Å². The van der Waals surface area contributed by atoms with E-state index in [1.807, 2.05) is 0 Å². The van der Waals surface area contributed by atoms with E-state index in [2.05, 4.69) is 15.3 Å². The zero-order valence-electron chi connectivity index (χ0n) is 8.01. The number of nitrogens with one attached hydrogen (secondary N) is 1. The summed E-state index contributed by atoms with van der Waals surface area (Å²) in [7, 11) is 0. The molecule has 0 saturated heterocycles. The summed E-state index contributed by atoms with van der Waals surface area (Å²) in [4.78, 5) is 14.1. The molecule has 15 heavy (non-hydrogen) atoms. The lowest BCUT2D eigenvalue weighted by atomic mass is 10.4. The van der Waals surface area contributed by atoms with Gasteiger partial charge < -0.3 is 9.73 Å². The molecule has 6 heteroatoms. The maximum Gasteiger partial charge on any atom is 0.287 e. The standard InChI is InChI=1S/C9H10N4O2/c10-13-11-5-7-3-4-8(15-7)9(14)12-6-1-2-6/h3-4,6H,1-2,5H2,(H,12,14). The Morgan fingerprint density at radius 3 is 3.13 bits per heavy atom. The molecule has 0 radical (unpaired) electrons. The van der Waals surface area contributed by atoms with Gasteiger partial charge in [-0.2, -0.15) is 0 Å². The van der Waals surface area contributed by atoms with E-state index < -0.39 is 0 Å². The van der Waals surface area contributed by atoms with Crippen LogP contribution in [0, 0.1) is 0 Å². The summed E-state index contributed by atoms with van der Waals surface area (Å²) in [5.74, 6) is 0.559. The summed E-state index contributed by atoms with van der Waals surface area (Å²) in [5, 5.41) is 6.15. The molecule has 2 rings (SSSR count). The first-order chi connectivity index (χ1) is 7.29. The van der Waals surface area contributed by atoms with Gasteiger partial charge in [0.1, 0.15) is 5.76 Å². The molecule has 1 saturated carbocycles. The highest BCUT2D eigenvalue weighted by Crippen LogP contribution is 2.19. The molecule has 1 amide bonds. The Morgan fingerprint density at radius 1 is 1.67 bits per heavy atom. The van der Waals surface area contributed by atoms with Crippen LogP contribution in [-0.2, 0) is 6.54 Å². The molecule has 78 valence electrons. The minimum atomic E-state index is -0.204. The Morgan fingerprint density at radius 2 is 2.47 bits per heavy atom. The van der Waals surface area contributed by atoms with Crippen LogP contribution >= 0.6 is 0 Å². The molecular formula is C9H10N4O2. The number of hydrogen-bond donors (Lipinski definition) is 1. The Hall–Kier alpha value is -1.94. The monoisotopic (exact) mass is 206 g/mol. The number of furan rings is 1. The number of nitrogens with zero attached hydrogens (tertiary/aromatic N) is 3. The van der Waals surface area contributed by atoms with Crippen LogP contribution in [0.2, 0.25) is 0 Å². The molecular weight excluding hydrogens is 196 g/mol. The predicted octanol–water partition coefficient (Wildman–Crippen LogP) is 1.98. The van der Waals surface area contributed by atoms with Gasteiger partial charge in [-0.05, 0) is 30.5 Å². The number of hydrogen-bond acceptors (Lipinski definition) is 3. The van der Waals surface area contributed by atoms with Crippen LogP contribution in [-0.4, -0.2) is 11.9 Å². The first-order valence-corrected chi connectivity index (χ1v) is 4.70. The van der Waals surface area contributed by atoms with E-state index in [1.165, 1.54) is 0 Å². The largest absolute Gasteiger partial charge is 0.456 e. The molecule has 0 bridgehead atoms. The molecule has 0 unspecified atom stereocenters. The summed E-state index contributed by atoms with van der Waals surface area (Å²) in [5.41, 5.74) is 8.11. The van der Waals surface area contributed by atoms with Crippen molar-refractivity contribution in [2.45, 2.75) is 25.4 Å². The molecule has 0 aromatic carbocycles. The van der Waals surface area contributed by atoms with Crippen molar-refractivity contribution < 1.29 is 9.21 Å². The van der Waals surface area contributed by atoms with Crippen LogP contribution in [0.25, 0.3) is 10.4 Å². The fourth-order valence-corrected chi connectivity index (χ4v) is 1.17. The second-order valence-corrected chi connectivity index (χ2v) is 3.40. The predicted molar refractivity (Wildman–Crippen MR) is 52.0 cm³/mol. The summed E-state index contributed by atoms with van der Waals surface area (Å²) in [6.45, 7) is 0.132. The molecule has 1 heterocycles. The molecule has 0 atom stereocenters. The van der Waals surface area contributed by atoms with Gasteiger partial charge in [0, 0.05) is 11.0 Å². The first kappa shape index (κ1) is 9.61. The average Bonchev–Trinajstić information content (AvgIpc) is 2.92. The fraction of sp³-hybridized carbons (Fsp3) is 0.444. The van der Waals surface area contributed by atoms with Crippen LogP contribution in [0.5, 0.6) is 0 Å². The molecule has 1 fully saturated rings. The van der Waals surface area contributed by atoms with E-state index in [4.69, 9.17) is 9.95 Å². The van der Waals surface area contributed by atoms with Gasteiger partial charge >= 0.3 is 0 Å². The first-order valence-electron chi connectivity index (χ1n) is 4.70. The summed E-state index contributed by atoms with van der Waals surface area (Å²) in [6, 6.07) is 3.53. The Kier molecular flexibility index (Phi) is 2.60. The second kappa shape index (κ2) is 4.06. The number of carbonyl (C=O) groups excluding carboxylic acids is 1. The highest BCUT2D eigenvalue weighted by atomic mass is 16.4. The number of azide groups is 1. The third kappa shape index (κ3) is 2.51. The van der Waals surface area contributed by atoms with Crippen molar-refractivity contribution in [3.63, 3.8) is 0 Å².